The fourth-order valence-corrected chi connectivity index (χ4v) is 8.42. The SMILES string of the molecule is C=CCBr.C=CCN(C1Cc2ccccc2C1)C1CC(=O)c2ccccc21.CCN(CC)CC.O=C1CC(NC2Cc3ccccc3C2)c2ccccc21. The van der Waals surface area contributed by atoms with E-state index in [-0.39, 0.29) is 23.7 Å². The Morgan fingerprint density at radius 2 is 1.07 bits per heavy atom. The fraction of sp³-hybridized carbons (Fsp3) is 0.375. The molecule has 54 heavy (non-hydrogen) atoms. The van der Waals surface area contributed by atoms with E-state index >= 15 is 0 Å². The Morgan fingerprint density at radius 3 is 1.56 bits per heavy atom. The summed E-state index contributed by atoms with van der Waals surface area (Å²) in [5.74, 6) is 0.545. The van der Waals surface area contributed by atoms with Crippen molar-refractivity contribution >= 4 is 27.5 Å². The van der Waals surface area contributed by atoms with Crippen molar-refractivity contribution in [2.75, 3.05) is 31.5 Å². The average molecular weight is 789 g/mol. The van der Waals surface area contributed by atoms with Gasteiger partial charge in [0.15, 0.2) is 11.6 Å². The van der Waals surface area contributed by atoms with Gasteiger partial charge in [-0.25, -0.2) is 0 Å². The van der Waals surface area contributed by atoms with Crippen LogP contribution in [0.4, 0.5) is 0 Å². The number of halogens is 1. The van der Waals surface area contributed by atoms with E-state index in [1.165, 1.54) is 53.0 Å². The lowest BCUT2D eigenvalue weighted by molar-refractivity contribution is 0.0929. The largest absolute Gasteiger partial charge is 0.306 e. The molecule has 2 atom stereocenters. The van der Waals surface area contributed by atoms with Crippen molar-refractivity contribution in [1.29, 1.82) is 0 Å². The predicted molar refractivity (Wildman–Crippen MR) is 229 cm³/mol. The van der Waals surface area contributed by atoms with Crippen molar-refractivity contribution < 1.29 is 9.59 Å². The Morgan fingerprint density at radius 1 is 0.630 bits per heavy atom. The van der Waals surface area contributed by atoms with Crippen LogP contribution in [0, 0.1) is 0 Å². The standard InChI is InChI=1S/C21H21NO.C18H17NO.C6H15N.C3H5Br/c1-2-11-22(17-12-15-7-3-4-8-16(15)13-17)20-14-21(23)19-10-6-5-9-18(19)20;20-18-11-17(15-7-3-4-8-16(15)18)19-14-9-12-5-1-2-6-13(12)10-14;1-4-7(5-2)6-3;1-2-3-4/h2-10,17,20H,1,11-14H2;1-8,14,17,19H,9-11H2;4-6H2,1-3H3;2H,1,3H2. The van der Waals surface area contributed by atoms with Crippen LogP contribution in [0.1, 0.15) is 99.8 Å². The highest BCUT2D eigenvalue weighted by Gasteiger charge is 2.38. The molecule has 0 aromatic heterocycles. The monoisotopic (exact) mass is 787 g/mol. The number of rotatable bonds is 10. The Labute approximate surface area is 332 Å². The number of fused-ring (bicyclic) bond motifs is 4. The van der Waals surface area contributed by atoms with Crippen LogP contribution in [-0.2, 0) is 25.7 Å². The van der Waals surface area contributed by atoms with Crippen molar-refractivity contribution in [3.63, 3.8) is 0 Å². The fourth-order valence-electron chi connectivity index (χ4n) is 8.42. The van der Waals surface area contributed by atoms with Crippen LogP contribution < -0.4 is 5.32 Å². The molecule has 6 heteroatoms. The van der Waals surface area contributed by atoms with E-state index in [2.05, 4.69) is 126 Å². The highest BCUT2D eigenvalue weighted by molar-refractivity contribution is 9.09. The van der Waals surface area contributed by atoms with Gasteiger partial charge in [0.1, 0.15) is 0 Å². The summed E-state index contributed by atoms with van der Waals surface area (Å²) >= 11 is 3.13. The number of nitrogens with one attached hydrogen (secondary N) is 1. The number of carbonyl (C=O) groups is 2. The molecule has 4 aliphatic carbocycles. The number of Topliss-reactive ketones (excluding diaryl/α,β-unsaturated/α-hetero) is 2. The van der Waals surface area contributed by atoms with Gasteiger partial charge in [-0.1, -0.05) is 146 Å². The van der Waals surface area contributed by atoms with E-state index in [1.807, 2.05) is 42.5 Å². The molecule has 0 heterocycles. The normalized spacial score (nSPS) is 18.0. The minimum absolute atomic E-state index is 0.191. The first-order valence-corrected chi connectivity index (χ1v) is 20.9. The van der Waals surface area contributed by atoms with Crippen molar-refractivity contribution in [1.82, 2.24) is 15.1 Å². The molecule has 2 unspecified atom stereocenters. The molecule has 4 aliphatic rings. The molecular weight excluding hydrogens is 730 g/mol. The third-order valence-electron chi connectivity index (χ3n) is 11.2. The molecule has 0 amide bonds. The molecule has 1 N–H and O–H groups in total. The number of hydrogen-bond donors (Lipinski definition) is 1. The Hall–Kier alpha value is -3.94. The summed E-state index contributed by atoms with van der Waals surface area (Å²) in [6, 6.07) is 34.7. The van der Waals surface area contributed by atoms with Gasteiger partial charge >= 0.3 is 0 Å². The summed E-state index contributed by atoms with van der Waals surface area (Å²) in [5, 5.41) is 4.59. The maximum Gasteiger partial charge on any atom is 0.165 e. The van der Waals surface area contributed by atoms with E-state index in [9.17, 15) is 9.59 Å². The van der Waals surface area contributed by atoms with E-state index in [0.29, 0.717) is 24.9 Å². The van der Waals surface area contributed by atoms with Crippen LogP contribution in [-0.4, -0.2) is 65.0 Å². The Balaban J connectivity index is 0.000000165. The van der Waals surface area contributed by atoms with Crippen molar-refractivity contribution in [2.45, 2.75) is 83.5 Å². The maximum absolute atomic E-state index is 12.4. The predicted octanol–water partition coefficient (Wildman–Crippen LogP) is 9.96. The molecule has 0 spiro atoms. The molecule has 0 saturated carbocycles. The summed E-state index contributed by atoms with van der Waals surface area (Å²) < 4.78 is 0. The van der Waals surface area contributed by atoms with Crippen LogP contribution in [0.3, 0.4) is 0 Å². The quantitative estimate of drug-likeness (QED) is 0.128. The van der Waals surface area contributed by atoms with E-state index in [0.717, 1.165) is 48.7 Å². The molecule has 284 valence electrons. The number of alkyl halides is 1. The van der Waals surface area contributed by atoms with Gasteiger partial charge in [-0.15, -0.1) is 13.2 Å². The number of benzene rings is 4. The van der Waals surface area contributed by atoms with Crippen LogP contribution in [0.2, 0.25) is 0 Å². The summed E-state index contributed by atoms with van der Waals surface area (Å²) in [7, 11) is 0. The summed E-state index contributed by atoms with van der Waals surface area (Å²) in [6.07, 6.45) is 9.24. The lowest BCUT2D eigenvalue weighted by atomic mass is 10.0. The van der Waals surface area contributed by atoms with E-state index < -0.39 is 0 Å². The van der Waals surface area contributed by atoms with Gasteiger partial charge < -0.3 is 10.2 Å². The number of carbonyl (C=O) groups excluding carboxylic acids is 2. The van der Waals surface area contributed by atoms with Crippen LogP contribution in [0.25, 0.3) is 0 Å². The molecule has 4 aromatic rings. The number of nitrogens with zero attached hydrogens (tertiary/aromatic N) is 2. The molecule has 4 aromatic carbocycles. The molecule has 0 aliphatic heterocycles. The first kappa shape index (κ1) is 41.2. The maximum atomic E-state index is 12.4. The molecule has 0 fully saturated rings. The molecular formula is C48H58BrN3O2. The first-order valence-electron chi connectivity index (χ1n) is 19.7. The molecule has 5 nitrogen and oxygen atoms in total. The first-order chi connectivity index (χ1) is 26.3. The minimum atomic E-state index is 0.191. The second-order valence-electron chi connectivity index (χ2n) is 14.4. The zero-order chi connectivity index (χ0) is 38.5. The second kappa shape index (κ2) is 20.7. The van der Waals surface area contributed by atoms with Crippen molar-refractivity contribution in [3.05, 3.63) is 167 Å². The molecule has 8 rings (SSSR count). The Bertz CT molecular complexity index is 1810. The Kier molecular flexibility index (Phi) is 15.8. The highest BCUT2D eigenvalue weighted by Crippen LogP contribution is 2.39. The van der Waals surface area contributed by atoms with Gasteiger partial charge in [-0.3, -0.25) is 14.5 Å². The van der Waals surface area contributed by atoms with Crippen LogP contribution in [0.15, 0.2) is 122 Å². The van der Waals surface area contributed by atoms with Crippen molar-refractivity contribution in [2.24, 2.45) is 0 Å². The number of allylic oxidation sites excluding steroid dienone is 1. The summed E-state index contributed by atoms with van der Waals surface area (Å²) in [5.41, 5.74) is 9.96. The third-order valence-corrected chi connectivity index (χ3v) is 11.7. The zero-order valence-corrected chi connectivity index (χ0v) is 34.1. The zero-order valence-electron chi connectivity index (χ0n) is 32.5. The van der Waals surface area contributed by atoms with Gasteiger partial charge in [0.05, 0.1) is 0 Å². The molecule has 0 saturated heterocycles. The van der Waals surface area contributed by atoms with Gasteiger partial charge in [-0.05, 0) is 78.7 Å². The lowest BCUT2D eigenvalue weighted by Crippen LogP contribution is -2.38. The van der Waals surface area contributed by atoms with Gasteiger partial charge in [0, 0.05) is 60.0 Å². The lowest BCUT2D eigenvalue weighted by Gasteiger charge is -2.33. The van der Waals surface area contributed by atoms with Gasteiger partial charge in [0.2, 0.25) is 0 Å². The van der Waals surface area contributed by atoms with Crippen LogP contribution in [0.5, 0.6) is 0 Å². The van der Waals surface area contributed by atoms with Crippen molar-refractivity contribution in [3.8, 4) is 0 Å². The number of hydrogen-bond acceptors (Lipinski definition) is 5. The second-order valence-corrected chi connectivity index (χ2v) is 15.1. The van der Waals surface area contributed by atoms with E-state index in [4.69, 9.17) is 0 Å². The minimum Gasteiger partial charge on any atom is -0.306 e. The molecule has 0 radical (unpaired) electrons. The third kappa shape index (κ3) is 10.2. The smallest absolute Gasteiger partial charge is 0.165 e. The topological polar surface area (TPSA) is 52.7 Å². The summed E-state index contributed by atoms with van der Waals surface area (Å²) in [6.45, 7) is 18.3. The summed E-state index contributed by atoms with van der Waals surface area (Å²) in [4.78, 5) is 29.3. The number of ketones is 2. The average Bonchev–Trinajstić information content (AvgIpc) is 3.99. The molecule has 0 bridgehead atoms. The van der Waals surface area contributed by atoms with Gasteiger partial charge in [0.25, 0.3) is 0 Å². The van der Waals surface area contributed by atoms with Gasteiger partial charge in [-0.2, -0.15) is 0 Å². The highest BCUT2D eigenvalue weighted by atomic mass is 79.9. The van der Waals surface area contributed by atoms with Crippen LogP contribution >= 0.6 is 15.9 Å². The van der Waals surface area contributed by atoms with E-state index in [1.54, 1.807) is 6.08 Å².